The number of hydrogen-bond acceptors (Lipinski definition) is 3. The third-order valence-electron chi connectivity index (χ3n) is 3.60. The summed E-state index contributed by atoms with van der Waals surface area (Å²) < 4.78 is 15.3. The molecule has 2 N–H and O–H groups in total. The number of aromatic amines is 1. The van der Waals surface area contributed by atoms with E-state index in [9.17, 15) is 9.18 Å². The average Bonchev–Trinajstić information content (AvgIpc) is 2.74. The van der Waals surface area contributed by atoms with Gasteiger partial charge in [-0.05, 0) is 32.0 Å². The molecule has 3 rings (SSSR count). The maximum Gasteiger partial charge on any atom is 0.326 e. The van der Waals surface area contributed by atoms with Gasteiger partial charge in [-0.15, -0.1) is 12.4 Å². The second-order valence-electron chi connectivity index (χ2n) is 4.74. The first-order valence-electron chi connectivity index (χ1n) is 6.25. The van der Waals surface area contributed by atoms with Gasteiger partial charge in [0.15, 0.2) is 0 Å². The maximum atomic E-state index is 13.7. The number of halogens is 2. The highest BCUT2D eigenvalue weighted by Crippen LogP contribution is 2.23. The summed E-state index contributed by atoms with van der Waals surface area (Å²) in [4.78, 5) is 14.7. The highest BCUT2D eigenvalue weighted by Gasteiger charge is 2.20. The van der Waals surface area contributed by atoms with E-state index in [2.05, 4.69) is 10.3 Å². The van der Waals surface area contributed by atoms with Gasteiger partial charge in [-0.1, -0.05) is 0 Å². The average molecular weight is 297 g/mol. The molecule has 0 amide bonds. The van der Waals surface area contributed by atoms with Crippen LogP contribution in [-0.2, 0) is 0 Å². The number of benzene rings is 1. The molecule has 1 fully saturated rings. The van der Waals surface area contributed by atoms with Crippen LogP contribution in [0.1, 0.15) is 24.4 Å². The van der Waals surface area contributed by atoms with E-state index in [1.165, 1.54) is 12.1 Å². The second-order valence-corrected chi connectivity index (χ2v) is 4.74. The Balaban J connectivity index is 0.00000147. The number of hydrogen-bond donors (Lipinski definition) is 2. The van der Waals surface area contributed by atoms with Crippen LogP contribution in [0.15, 0.2) is 16.9 Å². The van der Waals surface area contributed by atoms with Crippen molar-refractivity contribution in [1.29, 1.82) is 5.26 Å². The van der Waals surface area contributed by atoms with Gasteiger partial charge in [0, 0.05) is 12.1 Å². The van der Waals surface area contributed by atoms with Crippen LogP contribution in [0.25, 0.3) is 11.0 Å². The molecular weight excluding hydrogens is 283 g/mol. The first-order valence-corrected chi connectivity index (χ1v) is 6.25. The number of aromatic nitrogens is 2. The molecule has 0 bridgehead atoms. The van der Waals surface area contributed by atoms with Crippen molar-refractivity contribution in [2.24, 2.45) is 0 Å². The summed E-state index contributed by atoms with van der Waals surface area (Å²) in [6, 6.07) is 4.52. The molecule has 0 atom stereocenters. The lowest BCUT2D eigenvalue weighted by atomic mass is 10.1. The van der Waals surface area contributed by atoms with Crippen molar-refractivity contribution in [3.8, 4) is 6.07 Å². The van der Waals surface area contributed by atoms with E-state index < -0.39 is 5.82 Å². The highest BCUT2D eigenvalue weighted by molar-refractivity contribution is 5.85. The third-order valence-corrected chi connectivity index (χ3v) is 3.60. The fourth-order valence-corrected chi connectivity index (χ4v) is 2.66. The summed E-state index contributed by atoms with van der Waals surface area (Å²) in [5.74, 6) is -0.586. The molecule has 0 radical (unpaired) electrons. The van der Waals surface area contributed by atoms with E-state index in [0.29, 0.717) is 11.0 Å². The molecular formula is C13H14ClFN4O. The van der Waals surface area contributed by atoms with Gasteiger partial charge in [0.05, 0.1) is 16.6 Å². The third kappa shape index (κ3) is 2.30. The van der Waals surface area contributed by atoms with Crippen LogP contribution in [0.3, 0.4) is 0 Å². The Morgan fingerprint density at radius 3 is 2.70 bits per heavy atom. The van der Waals surface area contributed by atoms with Crippen LogP contribution in [-0.4, -0.2) is 22.6 Å². The summed E-state index contributed by atoms with van der Waals surface area (Å²) in [5, 5.41) is 12.0. The van der Waals surface area contributed by atoms with Crippen LogP contribution >= 0.6 is 12.4 Å². The molecule has 2 aromatic rings. The van der Waals surface area contributed by atoms with Crippen LogP contribution in [0.2, 0.25) is 0 Å². The summed E-state index contributed by atoms with van der Waals surface area (Å²) in [7, 11) is 0. The fraction of sp³-hybridized carbons (Fsp3) is 0.385. The molecule has 7 heteroatoms. The first-order chi connectivity index (χ1) is 9.20. The molecule has 1 aliphatic heterocycles. The number of rotatable bonds is 1. The molecule has 0 aliphatic carbocycles. The SMILES string of the molecule is Cl.N#Cc1cc2[nH]c(=O)n(C3CCNCC3)c2cc1F. The number of fused-ring (bicyclic) bond motifs is 1. The zero-order valence-corrected chi connectivity index (χ0v) is 11.5. The van der Waals surface area contributed by atoms with Gasteiger partial charge in [0.25, 0.3) is 0 Å². The van der Waals surface area contributed by atoms with Crippen molar-refractivity contribution in [3.05, 3.63) is 34.0 Å². The van der Waals surface area contributed by atoms with Gasteiger partial charge in [0.1, 0.15) is 11.9 Å². The molecule has 1 aliphatic rings. The van der Waals surface area contributed by atoms with E-state index in [4.69, 9.17) is 5.26 Å². The molecule has 5 nitrogen and oxygen atoms in total. The smallest absolute Gasteiger partial charge is 0.317 e. The van der Waals surface area contributed by atoms with Gasteiger partial charge in [-0.3, -0.25) is 4.57 Å². The number of nitrogens with one attached hydrogen (secondary N) is 2. The molecule has 20 heavy (non-hydrogen) atoms. The minimum absolute atomic E-state index is 0. The van der Waals surface area contributed by atoms with Crippen LogP contribution in [0, 0.1) is 17.1 Å². The Hall–Kier alpha value is -1.84. The lowest BCUT2D eigenvalue weighted by molar-refractivity contribution is 0.368. The number of nitriles is 1. The normalized spacial score (nSPS) is 15.8. The summed E-state index contributed by atoms with van der Waals surface area (Å²) in [6.07, 6.45) is 1.68. The molecule has 1 aromatic heterocycles. The van der Waals surface area contributed by atoms with Crippen molar-refractivity contribution >= 4 is 23.4 Å². The maximum absolute atomic E-state index is 13.7. The van der Waals surface area contributed by atoms with Gasteiger partial charge < -0.3 is 10.3 Å². The van der Waals surface area contributed by atoms with Crippen molar-refractivity contribution in [2.75, 3.05) is 13.1 Å². The molecule has 0 unspecified atom stereocenters. The lowest BCUT2D eigenvalue weighted by Gasteiger charge is -2.23. The van der Waals surface area contributed by atoms with Crippen molar-refractivity contribution < 1.29 is 4.39 Å². The Bertz CT molecular complexity index is 724. The minimum Gasteiger partial charge on any atom is -0.317 e. The zero-order chi connectivity index (χ0) is 13.4. The van der Waals surface area contributed by atoms with E-state index >= 15 is 0 Å². The van der Waals surface area contributed by atoms with Gasteiger partial charge >= 0.3 is 5.69 Å². The lowest BCUT2D eigenvalue weighted by Crippen LogP contribution is -2.33. The number of nitrogens with zero attached hydrogens (tertiary/aromatic N) is 2. The first kappa shape index (κ1) is 14.6. The number of piperidine rings is 1. The predicted octanol–water partition coefficient (Wildman–Crippen LogP) is 1.69. The molecule has 106 valence electrons. The Kier molecular flexibility index (Phi) is 4.12. The van der Waals surface area contributed by atoms with E-state index in [1.807, 2.05) is 0 Å². The fourth-order valence-electron chi connectivity index (χ4n) is 2.66. The molecule has 0 spiro atoms. The molecule has 0 saturated carbocycles. The van der Waals surface area contributed by atoms with E-state index in [1.54, 1.807) is 10.6 Å². The van der Waals surface area contributed by atoms with Crippen LogP contribution < -0.4 is 11.0 Å². The number of H-pyrrole nitrogens is 1. The largest absolute Gasteiger partial charge is 0.326 e. The van der Waals surface area contributed by atoms with Crippen LogP contribution in [0.4, 0.5) is 4.39 Å². The van der Waals surface area contributed by atoms with Crippen molar-refractivity contribution in [3.63, 3.8) is 0 Å². The molecule has 1 saturated heterocycles. The quantitative estimate of drug-likeness (QED) is 0.841. The van der Waals surface area contributed by atoms with Crippen molar-refractivity contribution in [2.45, 2.75) is 18.9 Å². The summed E-state index contributed by atoms with van der Waals surface area (Å²) in [5.41, 5.74) is 0.762. The summed E-state index contributed by atoms with van der Waals surface area (Å²) >= 11 is 0. The van der Waals surface area contributed by atoms with Crippen LogP contribution in [0.5, 0.6) is 0 Å². The topological polar surface area (TPSA) is 73.6 Å². The number of imidazole rings is 1. The van der Waals surface area contributed by atoms with Crippen molar-refractivity contribution in [1.82, 2.24) is 14.9 Å². The van der Waals surface area contributed by atoms with E-state index in [-0.39, 0.29) is 29.7 Å². The van der Waals surface area contributed by atoms with Gasteiger partial charge in [-0.2, -0.15) is 5.26 Å². The Labute approximate surface area is 120 Å². The minimum atomic E-state index is -0.586. The molecule has 1 aromatic carbocycles. The Morgan fingerprint density at radius 1 is 1.35 bits per heavy atom. The molecule has 2 heterocycles. The standard InChI is InChI=1S/C13H13FN4O.ClH/c14-10-6-12-11(5-8(10)7-15)17-13(19)18(12)9-1-3-16-4-2-9;/h5-6,9,16H,1-4H2,(H,17,19);1H. The summed E-state index contributed by atoms with van der Waals surface area (Å²) in [6.45, 7) is 1.70. The van der Waals surface area contributed by atoms with E-state index in [0.717, 1.165) is 25.9 Å². The van der Waals surface area contributed by atoms with Gasteiger partial charge in [0.2, 0.25) is 0 Å². The van der Waals surface area contributed by atoms with Gasteiger partial charge in [-0.25, -0.2) is 9.18 Å². The monoisotopic (exact) mass is 296 g/mol. The zero-order valence-electron chi connectivity index (χ0n) is 10.6. The Morgan fingerprint density at radius 2 is 2.05 bits per heavy atom. The highest BCUT2D eigenvalue weighted by atomic mass is 35.5. The predicted molar refractivity (Wildman–Crippen MR) is 75.6 cm³/mol. The second kappa shape index (κ2) is 5.65.